The van der Waals surface area contributed by atoms with Crippen molar-refractivity contribution in [3.8, 4) is 11.1 Å². The minimum absolute atomic E-state index is 0.0180. The van der Waals surface area contributed by atoms with Crippen molar-refractivity contribution in [2.45, 2.75) is 18.7 Å². The van der Waals surface area contributed by atoms with Gasteiger partial charge in [-0.05, 0) is 60.9 Å². The fourth-order valence-electron chi connectivity index (χ4n) is 3.48. The van der Waals surface area contributed by atoms with Gasteiger partial charge in [-0.2, -0.15) is 0 Å². The predicted molar refractivity (Wildman–Crippen MR) is 135 cm³/mol. The molecule has 34 heavy (non-hydrogen) atoms. The Bertz CT molecular complexity index is 1580. The zero-order chi connectivity index (χ0) is 23.7. The van der Waals surface area contributed by atoms with Gasteiger partial charge in [0.1, 0.15) is 17.0 Å². The van der Waals surface area contributed by atoms with Crippen molar-refractivity contribution in [1.82, 2.24) is 19.9 Å². The Morgan fingerprint density at radius 1 is 0.882 bits per heavy atom. The van der Waals surface area contributed by atoms with E-state index >= 15 is 0 Å². The maximum atomic E-state index is 12.6. The number of fused-ring (bicyclic) bond motifs is 1. The molecule has 10 heteroatoms. The topological polar surface area (TPSA) is 110 Å². The number of thiophene rings is 1. The van der Waals surface area contributed by atoms with Gasteiger partial charge >= 0.3 is 0 Å². The van der Waals surface area contributed by atoms with E-state index in [1.54, 1.807) is 29.5 Å². The summed E-state index contributed by atoms with van der Waals surface area (Å²) in [6.45, 7) is 4.19. The molecule has 0 saturated heterocycles. The fourth-order valence-corrected chi connectivity index (χ4v) is 5.35. The first-order chi connectivity index (χ1) is 16.4. The molecule has 170 valence electrons. The molecule has 0 radical (unpaired) electrons. The van der Waals surface area contributed by atoms with Gasteiger partial charge in [-0.25, -0.2) is 33.1 Å². The standard InChI is InChI=1S/C24H20N6O2S2/c1-15-4-5-17(12-16(15)2)20-13-33-23-21(20)22(27-14-28-23)29-18-6-8-19(9-7-18)34(31,32)30-24-25-10-3-11-26-24/h3-14H,1-2H3,(H,25,26,30)(H,27,28,29). The van der Waals surface area contributed by atoms with Gasteiger partial charge in [0.05, 0.1) is 10.3 Å². The molecule has 0 bridgehead atoms. The summed E-state index contributed by atoms with van der Waals surface area (Å²) in [6.07, 6.45) is 4.46. The van der Waals surface area contributed by atoms with Crippen molar-refractivity contribution in [2.75, 3.05) is 10.0 Å². The largest absolute Gasteiger partial charge is 0.340 e. The van der Waals surface area contributed by atoms with E-state index in [-0.39, 0.29) is 10.8 Å². The van der Waals surface area contributed by atoms with Gasteiger partial charge in [0, 0.05) is 29.0 Å². The number of sulfonamides is 1. The van der Waals surface area contributed by atoms with E-state index in [1.165, 1.54) is 42.0 Å². The number of rotatable bonds is 6. The Kier molecular flexibility index (Phi) is 5.68. The number of anilines is 3. The minimum Gasteiger partial charge on any atom is -0.340 e. The number of nitrogens with one attached hydrogen (secondary N) is 2. The monoisotopic (exact) mass is 488 g/mol. The molecule has 0 aliphatic rings. The van der Waals surface area contributed by atoms with Crippen molar-refractivity contribution >= 4 is 49.0 Å². The molecule has 0 aliphatic heterocycles. The van der Waals surface area contributed by atoms with Gasteiger partial charge in [0.2, 0.25) is 5.95 Å². The summed E-state index contributed by atoms with van der Waals surface area (Å²) in [4.78, 5) is 17.7. The molecule has 0 unspecified atom stereocenters. The molecule has 3 aromatic heterocycles. The second kappa shape index (κ2) is 8.81. The Hall–Kier alpha value is -3.89. The van der Waals surface area contributed by atoms with Crippen LogP contribution in [0.5, 0.6) is 0 Å². The highest BCUT2D eigenvalue weighted by Gasteiger charge is 2.17. The van der Waals surface area contributed by atoms with Crippen molar-refractivity contribution in [3.63, 3.8) is 0 Å². The molecule has 0 fully saturated rings. The summed E-state index contributed by atoms with van der Waals surface area (Å²) >= 11 is 1.56. The van der Waals surface area contributed by atoms with Crippen molar-refractivity contribution in [2.24, 2.45) is 0 Å². The predicted octanol–water partition coefficient (Wildman–Crippen LogP) is 5.31. The van der Waals surface area contributed by atoms with Gasteiger partial charge in [-0.3, -0.25) is 0 Å². The lowest BCUT2D eigenvalue weighted by atomic mass is 10.0. The highest BCUT2D eigenvalue weighted by molar-refractivity contribution is 7.92. The van der Waals surface area contributed by atoms with Crippen LogP contribution in [0.1, 0.15) is 11.1 Å². The molecule has 8 nitrogen and oxygen atoms in total. The molecular weight excluding hydrogens is 468 g/mol. The molecule has 0 amide bonds. The highest BCUT2D eigenvalue weighted by Crippen LogP contribution is 2.38. The van der Waals surface area contributed by atoms with Crippen LogP contribution >= 0.6 is 11.3 Å². The van der Waals surface area contributed by atoms with Gasteiger partial charge in [0.15, 0.2) is 0 Å². The van der Waals surface area contributed by atoms with Crippen LogP contribution in [-0.2, 0) is 10.0 Å². The van der Waals surface area contributed by atoms with Gasteiger partial charge in [-0.15, -0.1) is 11.3 Å². The van der Waals surface area contributed by atoms with Crippen LogP contribution < -0.4 is 10.0 Å². The molecule has 0 spiro atoms. The summed E-state index contributed by atoms with van der Waals surface area (Å²) in [5.74, 6) is 0.676. The number of benzene rings is 2. The van der Waals surface area contributed by atoms with E-state index in [9.17, 15) is 8.42 Å². The lowest BCUT2D eigenvalue weighted by Crippen LogP contribution is -2.14. The van der Waals surface area contributed by atoms with E-state index < -0.39 is 10.0 Å². The third kappa shape index (κ3) is 4.33. The summed E-state index contributed by atoms with van der Waals surface area (Å²) in [5.41, 5.74) is 5.31. The summed E-state index contributed by atoms with van der Waals surface area (Å²) < 4.78 is 27.6. The van der Waals surface area contributed by atoms with E-state index in [0.717, 1.165) is 21.3 Å². The molecule has 0 saturated carbocycles. The van der Waals surface area contributed by atoms with Gasteiger partial charge in [0.25, 0.3) is 10.0 Å². The lowest BCUT2D eigenvalue weighted by molar-refractivity contribution is 0.601. The average molecular weight is 489 g/mol. The molecule has 0 aliphatic carbocycles. The van der Waals surface area contributed by atoms with Crippen molar-refractivity contribution in [1.29, 1.82) is 0 Å². The Morgan fingerprint density at radius 2 is 1.65 bits per heavy atom. The van der Waals surface area contributed by atoms with Crippen LogP contribution in [0.3, 0.4) is 0 Å². The fraction of sp³-hybridized carbons (Fsp3) is 0.0833. The Balaban J connectivity index is 1.45. The van der Waals surface area contributed by atoms with Crippen LogP contribution in [-0.4, -0.2) is 28.4 Å². The normalized spacial score (nSPS) is 11.5. The van der Waals surface area contributed by atoms with Crippen LogP contribution in [0.4, 0.5) is 17.5 Å². The van der Waals surface area contributed by atoms with Crippen molar-refractivity contribution < 1.29 is 8.42 Å². The molecule has 0 atom stereocenters. The zero-order valence-corrected chi connectivity index (χ0v) is 20.0. The van der Waals surface area contributed by atoms with Crippen LogP contribution in [0.25, 0.3) is 21.3 Å². The maximum Gasteiger partial charge on any atom is 0.264 e. The first-order valence-electron chi connectivity index (χ1n) is 10.4. The number of aryl methyl sites for hydroxylation is 2. The molecule has 2 aromatic carbocycles. The number of hydrogen-bond donors (Lipinski definition) is 2. The molecule has 3 heterocycles. The second-order valence-corrected chi connectivity index (χ2v) is 10.2. The SMILES string of the molecule is Cc1ccc(-c2csc3ncnc(Nc4ccc(S(=O)(=O)Nc5ncccn5)cc4)c23)cc1C. The average Bonchev–Trinajstić information content (AvgIpc) is 3.27. The number of aromatic nitrogens is 4. The quantitative estimate of drug-likeness (QED) is 0.333. The van der Waals surface area contributed by atoms with E-state index in [0.29, 0.717) is 11.5 Å². The van der Waals surface area contributed by atoms with Gasteiger partial charge in [-0.1, -0.05) is 18.2 Å². The second-order valence-electron chi connectivity index (χ2n) is 7.68. The molecular formula is C24H20N6O2S2. The first kappa shape index (κ1) is 21.9. The van der Waals surface area contributed by atoms with E-state index in [2.05, 4.69) is 67.4 Å². The molecule has 5 aromatic rings. The molecule has 2 N–H and O–H groups in total. The van der Waals surface area contributed by atoms with Gasteiger partial charge < -0.3 is 5.32 Å². The molecule has 5 rings (SSSR count). The van der Waals surface area contributed by atoms with E-state index in [4.69, 9.17) is 0 Å². The zero-order valence-electron chi connectivity index (χ0n) is 18.4. The number of hydrogen-bond acceptors (Lipinski definition) is 8. The third-order valence-corrected chi connectivity index (χ3v) is 7.64. The lowest BCUT2D eigenvalue weighted by Gasteiger charge is -2.11. The Morgan fingerprint density at radius 3 is 2.38 bits per heavy atom. The van der Waals surface area contributed by atoms with Crippen molar-refractivity contribution in [3.05, 3.63) is 83.8 Å². The third-order valence-electron chi connectivity index (χ3n) is 5.41. The van der Waals surface area contributed by atoms with Crippen LogP contribution in [0.2, 0.25) is 0 Å². The van der Waals surface area contributed by atoms with Crippen LogP contribution in [0, 0.1) is 13.8 Å². The smallest absolute Gasteiger partial charge is 0.264 e. The summed E-state index contributed by atoms with van der Waals surface area (Å²) in [5, 5.41) is 6.32. The number of nitrogens with zero attached hydrogens (tertiary/aromatic N) is 4. The summed E-state index contributed by atoms with van der Waals surface area (Å²) in [7, 11) is -3.81. The highest BCUT2D eigenvalue weighted by atomic mass is 32.2. The van der Waals surface area contributed by atoms with Crippen LogP contribution in [0.15, 0.2) is 77.5 Å². The Labute approximate surface area is 200 Å². The minimum atomic E-state index is -3.81. The van der Waals surface area contributed by atoms with E-state index in [1.807, 2.05) is 0 Å². The summed E-state index contributed by atoms with van der Waals surface area (Å²) in [6, 6.07) is 14.4. The maximum absolute atomic E-state index is 12.6. The first-order valence-corrected chi connectivity index (χ1v) is 12.7.